The van der Waals surface area contributed by atoms with Gasteiger partial charge in [-0.25, -0.2) is 0 Å². The zero-order chi connectivity index (χ0) is 55.6. The molecule has 4 aromatic carbocycles. The summed E-state index contributed by atoms with van der Waals surface area (Å²) >= 11 is 0. The molecular weight excluding hydrogens is 949 g/mol. The van der Waals surface area contributed by atoms with Crippen molar-refractivity contribution in [2.75, 3.05) is 0 Å². The fourth-order valence-corrected chi connectivity index (χ4v) is 16.1. The number of hydrogen-bond donors (Lipinski definition) is 0. The third-order valence-electron chi connectivity index (χ3n) is 21.6. The van der Waals surface area contributed by atoms with Gasteiger partial charge < -0.3 is 0 Å². The minimum Gasteiger partial charge on any atom is -0.103 e. The summed E-state index contributed by atoms with van der Waals surface area (Å²) in [4.78, 5) is 0. The predicted molar refractivity (Wildman–Crippen MR) is 348 cm³/mol. The molecule has 0 spiro atoms. The maximum absolute atomic E-state index is 3.97. The second kappa shape index (κ2) is 34.5. The van der Waals surface area contributed by atoms with Crippen LogP contribution in [0.15, 0.2) is 135 Å². The topological polar surface area (TPSA) is 0 Å². The highest BCUT2D eigenvalue weighted by Gasteiger charge is 2.33. The molecule has 6 aliphatic rings. The molecule has 6 saturated carbocycles. The molecule has 0 aliphatic heterocycles. The van der Waals surface area contributed by atoms with E-state index in [0.717, 1.165) is 71.0 Å². The van der Waals surface area contributed by atoms with E-state index in [-0.39, 0.29) is 0 Å². The molecule has 0 bridgehead atoms. The lowest BCUT2D eigenvalue weighted by Crippen LogP contribution is -2.25. The van der Waals surface area contributed by atoms with Gasteiger partial charge in [0.15, 0.2) is 0 Å². The van der Waals surface area contributed by atoms with Crippen LogP contribution >= 0.6 is 0 Å². The number of rotatable bonds is 17. The summed E-state index contributed by atoms with van der Waals surface area (Å²) in [5.74, 6) is 11.6. The first-order chi connectivity index (χ1) is 38.6. The normalized spacial score (nSPS) is 28.9. The summed E-state index contributed by atoms with van der Waals surface area (Å²) in [5.41, 5.74) is 11.3. The SMILES string of the molecule is C=CC1CCC(C2CCC(CCC)CC2)CC1.C=CC1CCC(C2CCC(c3ccc(C)cc3)CC2)CC1.C=CCCC1CCC(C2CCC(c3ccc(C)cc3)CC2)CC1.CCCCCc1ccc(-c2ccc(C)cc2)cc1. The van der Waals surface area contributed by atoms with Crippen molar-refractivity contribution in [3.8, 4) is 11.1 Å². The Morgan fingerprint density at radius 3 is 1.03 bits per heavy atom. The first-order valence-corrected chi connectivity index (χ1v) is 33.8. The van der Waals surface area contributed by atoms with E-state index in [0.29, 0.717) is 0 Å². The number of allylic oxidation sites excluding steroid dienone is 3. The van der Waals surface area contributed by atoms with Crippen molar-refractivity contribution >= 4 is 0 Å². The summed E-state index contributed by atoms with van der Waals surface area (Å²) in [6.07, 6.45) is 52.2. The third-order valence-corrected chi connectivity index (χ3v) is 21.6. The van der Waals surface area contributed by atoms with Gasteiger partial charge in [-0.3, -0.25) is 0 Å². The van der Waals surface area contributed by atoms with Gasteiger partial charge in [0.25, 0.3) is 0 Å². The average molecular weight is 1070 g/mol. The Bertz CT molecular complexity index is 2230. The lowest BCUT2D eigenvalue weighted by atomic mass is 9.68. The molecule has 0 N–H and O–H groups in total. The highest BCUT2D eigenvalue weighted by Crippen LogP contribution is 2.47. The zero-order valence-electron chi connectivity index (χ0n) is 51.6. The molecule has 0 radical (unpaired) electrons. The standard InChI is InChI=1S/C23H34.C21H30.C18H22.C17H30/c1-3-4-5-19-8-12-21(13-9-19)23-16-14-22(15-17-23)20-10-6-18(2)7-11-20;1-3-17-6-10-19(11-7-17)21-14-12-20(13-15-21)18-8-4-16(2)5-9-18;1-3-4-5-6-16-9-13-18(14-10-16)17-11-7-15(2)8-12-17;1-3-5-15-8-12-17(13-9-15)16-10-6-14(4-2)7-11-16/h3,6-7,10-11,19,21-23H,1,4-5,8-9,12-17H2,2H3;3-5,8-9,17,19-21H,1,6-7,10-15H2,2H3;7-14H,3-6H2,1-2H3;4,14-17H,2-3,5-13H2,1H3. The maximum Gasteiger partial charge on any atom is -0.0162 e. The summed E-state index contributed by atoms with van der Waals surface area (Å²) < 4.78 is 0. The van der Waals surface area contributed by atoms with Gasteiger partial charge in [-0.05, 0) is 274 Å². The van der Waals surface area contributed by atoms with Crippen LogP contribution in [0.3, 0.4) is 0 Å². The molecule has 4 aromatic rings. The van der Waals surface area contributed by atoms with Gasteiger partial charge in [-0.1, -0.05) is 197 Å². The molecule has 432 valence electrons. The molecule has 0 unspecified atom stereocenters. The molecule has 0 heteroatoms. The smallest absolute Gasteiger partial charge is 0.0162 e. The first-order valence-electron chi connectivity index (χ1n) is 33.8. The van der Waals surface area contributed by atoms with Crippen molar-refractivity contribution in [3.63, 3.8) is 0 Å². The molecule has 0 aromatic heterocycles. The third kappa shape index (κ3) is 20.8. The van der Waals surface area contributed by atoms with Crippen molar-refractivity contribution in [1.82, 2.24) is 0 Å². The lowest BCUT2D eigenvalue weighted by Gasteiger charge is -2.38. The number of unbranched alkanes of at least 4 members (excludes halogenated alkanes) is 2. The monoisotopic (exact) mass is 1060 g/mol. The van der Waals surface area contributed by atoms with E-state index in [4.69, 9.17) is 0 Å². The van der Waals surface area contributed by atoms with E-state index in [1.807, 2.05) is 0 Å². The van der Waals surface area contributed by atoms with Crippen LogP contribution < -0.4 is 0 Å². The van der Waals surface area contributed by atoms with Crippen LogP contribution in [0.2, 0.25) is 0 Å². The summed E-state index contributed by atoms with van der Waals surface area (Å²) in [6.45, 7) is 22.9. The quantitative estimate of drug-likeness (QED) is 0.0730. The lowest BCUT2D eigenvalue weighted by molar-refractivity contribution is 0.152. The van der Waals surface area contributed by atoms with E-state index < -0.39 is 0 Å². The van der Waals surface area contributed by atoms with Crippen molar-refractivity contribution in [2.24, 2.45) is 59.2 Å². The number of aryl methyl sites for hydroxylation is 4. The van der Waals surface area contributed by atoms with Crippen LogP contribution in [-0.4, -0.2) is 0 Å². The molecule has 10 rings (SSSR count). The highest BCUT2D eigenvalue weighted by atomic mass is 14.4. The zero-order valence-corrected chi connectivity index (χ0v) is 51.6. The van der Waals surface area contributed by atoms with Gasteiger partial charge in [0.2, 0.25) is 0 Å². The van der Waals surface area contributed by atoms with E-state index in [1.165, 1.54) is 239 Å². The minimum atomic E-state index is 0.810. The van der Waals surface area contributed by atoms with Crippen LogP contribution in [0.25, 0.3) is 11.1 Å². The Morgan fingerprint density at radius 1 is 0.354 bits per heavy atom. The molecule has 0 heterocycles. The number of hydrogen-bond acceptors (Lipinski definition) is 0. The first kappa shape index (κ1) is 62.7. The Morgan fingerprint density at radius 2 is 0.684 bits per heavy atom. The van der Waals surface area contributed by atoms with Crippen molar-refractivity contribution in [3.05, 3.63) is 168 Å². The van der Waals surface area contributed by atoms with Gasteiger partial charge in [-0.2, -0.15) is 0 Å². The maximum atomic E-state index is 3.97. The van der Waals surface area contributed by atoms with E-state index in [9.17, 15) is 0 Å². The van der Waals surface area contributed by atoms with Crippen molar-refractivity contribution in [1.29, 1.82) is 0 Å². The summed E-state index contributed by atoms with van der Waals surface area (Å²) in [7, 11) is 0. The van der Waals surface area contributed by atoms with Crippen LogP contribution in [-0.2, 0) is 6.42 Å². The van der Waals surface area contributed by atoms with Gasteiger partial charge in [0, 0.05) is 0 Å². The van der Waals surface area contributed by atoms with Gasteiger partial charge in [-0.15, -0.1) is 19.7 Å². The number of benzene rings is 4. The summed E-state index contributed by atoms with van der Waals surface area (Å²) in [6, 6.07) is 36.3. The molecule has 0 saturated heterocycles. The molecule has 79 heavy (non-hydrogen) atoms. The second-order valence-electron chi connectivity index (χ2n) is 27.1. The predicted octanol–water partition coefficient (Wildman–Crippen LogP) is 24.3. The Labute approximate surface area is 488 Å². The Hall–Kier alpha value is -3.90. The van der Waals surface area contributed by atoms with E-state index in [2.05, 4.69) is 170 Å². The van der Waals surface area contributed by atoms with Gasteiger partial charge >= 0.3 is 0 Å². The fraction of sp³-hybridized carbons (Fsp3) is 0.620. The summed E-state index contributed by atoms with van der Waals surface area (Å²) in [5, 5.41) is 0. The van der Waals surface area contributed by atoms with E-state index >= 15 is 0 Å². The minimum absolute atomic E-state index is 0.810. The highest BCUT2D eigenvalue weighted by molar-refractivity contribution is 5.63. The van der Waals surface area contributed by atoms with E-state index in [1.54, 1.807) is 11.1 Å². The second-order valence-corrected chi connectivity index (χ2v) is 27.1. The van der Waals surface area contributed by atoms with Crippen molar-refractivity contribution in [2.45, 2.75) is 252 Å². The molecular formula is C79H116. The molecule has 6 aliphatic carbocycles. The Kier molecular flexibility index (Phi) is 27.4. The van der Waals surface area contributed by atoms with Crippen LogP contribution in [0.1, 0.15) is 258 Å². The molecule has 6 fully saturated rings. The molecule has 0 amide bonds. The van der Waals surface area contributed by atoms with Crippen LogP contribution in [0.5, 0.6) is 0 Å². The molecule has 0 atom stereocenters. The van der Waals surface area contributed by atoms with Crippen LogP contribution in [0.4, 0.5) is 0 Å². The Balaban J connectivity index is 0.000000154. The van der Waals surface area contributed by atoms with Gasteiger partial charge in [0.05, 0.1) is 0 Å². The fourth-order valence-electron chi connectivity index (χ4n) is 16.1. The average Bonchev–Trinajstić information content (AvgIpc) is 3.52. The molecule has 0 nitrogen and oxygen atoms in total. The van der Waals surface area contributed by atoms with Gasteiger partial charge in [0.1, 0.15) is 0 Å². The van der Waals surface area contributed by atoms with Crippen LogP contribution in [0, 0.1) is 80.0 Å². The largest absolute Gasteiger partial charge is 0.103 e. The van der Waals surface area contributed by atoms with Crippen molar-refractivity contribution < 1.29 is 0 Å².